The minimum atomic E-state index is -0.00121. The van der Waals surface area contributed by atoms with Crippen LogP contribution in [0.5, 0.6) is 0 Å². The van der Waals surface area contributed by atoms with E-state index in [0.29, 0.717) is 12.8 Å². The van der Waals surface area contributed by atoms with Gasteiger partial charge in [-0.2, -0.15) is 0 Å². The summed E-state index contributed by atoms with van der Waals surface area (Å²) in [6.07, 6.45) is 5.08. The van der Waals surface area contributed by atoms with Gasteiger partial charge in [-0.3, -0.25) is 4.79 Å². The molecule has 15 heavy (non-hydrogen) atoms. The first-order valence-electron chi connectivity index (χ1n) is 5.80. The second-order valence-electron chi connectivity index (χ2n) is 4.10. The van der Waals surface area contributed by atoms with E-state index >= 15 is 0 Å². The van der Waals surface area contributed by atoms with Crippen LogP contribution in [0.2, 0.25) is 0 Å². The second-order valence-corrected chi connectivity index (χ2v) is 4.10. The van der Waals surface area contributed by atoms with E-state index in [1.165, 1.54) is 0 Å². The first kappa shape index (κ1) is 12.5. The molecule has 1 unspecified atom stereocenters. The molecule has 1 rings (SSSR count). The highest BCUT2D eigenvalue weighted by Gasteiger charge is 2.23. The molecule has 0 aromatic rings. The van der Waals surface area contributed by atoms with Crippen molar-refractivity contribution in [2.45, 2.75) is 44.6 Å². The third-order valence-corrected chi connectivity index (χ3v) is 2.96. The number of hydrogen-bond donors (Lipinski definition) is 2. The Morgan fingerprint density at radius 3 is 2.73 bits per heavy atom. The standard InChI is InChI=1S/C11H21NO3/c13-8-4-6-11(15)12-7-3-1-2-5-10(12)9-14/h10,13-14H,1-9H2. The average molecular weight is 215 g/mol. The molecule has 0 aromatic carbocycles. The Labute approximate surface area is 90.9 Å². The van der Waals surface area contributed by atoms with Crippen LogP contribution in [-0.2, 0) is 4.79 Å². The second kappa shape index (κ2) is 6.80. The third-order valence-electron chi connectivity index (χ3n) is 2.96. The summed E-state index contributed by atoms with van der Waals surface area (Å²) >= 11 is 0. The van der Waals surface area contributed by atoms with Crippen LogP contribution in [0.4, 0.5) is 0 Å². The zero-order valence-corrected chi connectivity index (χ0v) is 9.19. The fourth-order valence-corrected chi connectivity index (χ4v) is 2.07. The topological polar surface area (TPSA) is 60.8 Å². The number of carbonyl (C=O) groups is 1. The molecule has 0 saturated carbocycles. The maximum atomic E-state index is 11.8. The Kier molecular flexibility index (Phi) is 5.65. The highest BCUT2D eigenvalue weighted by Crippen LogP contribution is 2.17. The molecule has 4 nitrogen and oxygen atoms in total. The van der Waals surface area contributed by atoms with Gasteiger partial charge in [-0.15, -0.1) is 0 Å². The smallest absolute Gasteiger partial charge is 0.222 e. The third kappa shape index (κ3) is 3.80. The number of aliphatic hydroxyl groups is 2. The highest BCUT2D eigenvalue weighted by atomic mass is 16.3. The molecular formula is C11H21NO3. The molecular weight excluding hydrogens is 194 g/mol. The lowest BCUT2D eigenvalue weighted by atomic mass is 10.1. The molecule has 2 N–H and O–H groups in total. The normalized spacial score (nSPS) is 22.5. The maximum absolute atomic E-state index is 11.8. The zero-order valence-electron chi connectivity index (χ0n) is 9.19. The van der Waals surface area contributed by atoms with Crippen molar-refractivity contribution in [3.8, 4) is 0 Å². The van der Waals surface area contributed by atoms with Crippen LogP contribution in [0, 0.1) is 0 Å². The van der Waals surface area contributed by atoms with Gasteiger partial charge in [0.15, 0.2) is 0 Å². The summed E-state index contributed by atoms with van der Waals surface area (Å²) in [4.78, 5) is 13.6. The molecule has 4 heteroatoms. The summed E-state index contributed by atoms with van der Waals surface area (Å²) in [5.41, 5.74) is 0. The van der Waals surface area contributed by atoms with E-state index in [-0.39, 0.29) is 25.2 Å². The predicted octanol–water partition coefficient (Wildman–Crippen LogP) is 0.522. The molecule has 1 saturated heterocycles. The van der Waals surface area contributed by atoms with E-state index in [9.17, 15) is 9.90 Å². The predicted molar refractivity (Wildman–Crippen MR) is 57.4 cm³/mol. The molecule has 1 fully saturated rings. The summed E-state index contributed by atoms with van der Waals surface area (Å²) in [6, 6.07) is -0.00121. The van der Waals surface area contributed by atoms with Crippen molar-refractivity contribution < 1.29 is 15.0 Å². The number of likely N-dealkylation sites (tertiary alicyclic amines) is 1. The molecule has 1 aliphatic rings. The molecule has 0 aliphatic carbocycles. The van der Waals surface area contributed by atoms with Crippen LogP contribution in [0.15, 0.2) is 0 Å². The van der Waals surface area contributed by atoms with E-state index in [1.54, 1.807) is 4.90 Å². The number of hydrogen-bond acceptors (Lipinski definition) is 3. The quantitative estimate of drug-likeness (QED) is 0.719. The van der Waals surface area contributed by atoms with Crippen LogP contribution in [0.3, 0.4) is 0 Å². The van der Waals surface area contributed by atoms with E-state index < -0.39 is 0 Å². The highest BCUT2D eigenvalue weighted by molar-refractivity contribution is 5.76. The number of nitrogens with zero attached hydrogens (tertiary/aromatic N) is 1. The van der Waals surface area contributed by atoms with Gasteiger partial charge in [0.05, 0.1) is 12.6 Å². The number of rotatable bonds is 4. The average Bonchev–Trinajstić information content (AvgIpc) is 2.50. The van der Waals surface area contributed by atoms with Gasteiger partial charge in [0.2, 0.25) is 5.91 Å². The van der Waals surface area contributed by atoms with Crippen molar-refractivity contribution in [3.05, 3.63) is 0 Å². The summed E-state index contributed by atoms with van der Waals surface area (Å²) in [7, 11) is 0. The fourth-order valence-electron chi connectivity index (χ4n) is 2.07. The molecule has 88 valence electrons. The van der Waals surface area contributed by atoms with E-state index in [0.717, 1.165) is 32.2 Å². The number of amides is 1. The van der Waals surface area contributed by atoms with E-state index in [1.807, 2.05) is 0 Å². The van der Waals surface area contributed by atoms with Gasteiger partial charge < -0.3 is 15.1 Å². The van der Waals surface area contributed by atoms with Crippen LogP contribution >= 0.6 is 0 Å². The van der Waals surface area contributed by atoms with Gasteiger partial charge in [-0.25, -0.2) is 0 Å². The molecule has 1 aliphatic heterocycles. The van der Waals surface area contributed by atoms with Crippen molar-refractivity contribution in [1.82, 2.24) is 4.90 Å². The van der Waals surface area contributed by atoms with Crippen molar-refractivity contribution >= 4 is 5.91 Å². The van der Waals surface area contributed by atoms with Crippen molar-refractivity contribution in [2.24, 2.45) is 0 Å². The van der Waals surface area contributed by atoms with E-state index in [2.05, 4.69) is 0 Å². The van der Waals surface area contributed by atoms with Crippen molar-refractivity contribution in [2.75, 3.05) is 19.8 Å². The Balaban J connectivity index is 2.49. The minimum absolute atomic E-state index is 0.00121. The van der Waals surface area contributed by atoms with E-state index in [4.69, 9.17) is 5.11 Å². The fraction of sp³-hybridized carbons (Fsp3) is 0.909. The molecule has 0 aromatic heterocycles. The van der Waals surface area contributed by atoms with Gasteiger partial charge in [-0.05, 0) is 19.3 Å². The Morgan fingerprint density at radius 2 is 2.07 bits per heavy atom. The summed E-state index contributed by atoms with van der Waals surface area (Å²) in [6.45, 7) is 0.879. The monoisotopic (exact) mass is 215 g/mol. The first-order valence-corrected chi connectivity index (χ1v) is 5.80. The maximum Gasteiger partial charge on any atom is 0.222 e. The SMILES string of the molecule is O=C(CCCO)N1CCCCCC1CO. The van der Waals surface area contributed by atoms with Gasteiger partial charge >= 0.3 is 0 Å². The molecule has 1 atom stereocenters. The van der Waals surface area contributed by atoms with Crippen LogP contribution in [-0.4, -0.2) is 46.8 Å². The van der Waals surface area contributed by atoms with Gasteiger partial charge in [0.25, 0.3) is 0 Å². The van der Waals surface area contributed by atoms with Crippen LogP contribution < -0.4 is 0 Å². The zero-order chi connectivity index (χ0) is 11.1. The minimum Gasteiger partial charge on any atom is -0.396 e. The van der Waals surface area contributed by atoms with Gasteiger partial charge in [0.1, 0.15) is 0 Å². The van der Waals surface area contributed by atoms with Crippen LogP contribution in [0.1, 0.15) is 38.5 Å². The Bertz CT molecular complexity index is 196. The Hall–Kier alpha value is -0.610. The first-order chi connectivity index (χ1) is 7.29. The lowest BCUT2D eigenvalue weighted by Crippen LogP contribution is -2.42. The lowest BCUT2D eigenvalue weighted by molar-refractivity contribution is -0.134. The molecule has 0 radical (unpaired) electrons. The molecule has 1 heterocycles. The molecule has 0 bridgehead atoms. The van der Waals surface area contributed by atoms with Crippen LogP contribution in [0.25, 0.3) is 0 Å². The van der Waals surface area contributed by atoms with Crippen molar-refractivity contribution in [3.63, 3.8) is 0 Å². The number of carbonyl (C=O) groups excluding carboxylic acids is 1. The van der Waals surface area contributed by atoms with Crippen molar-refractivity contribution in [1.29, 1.82) is 0 Å². The Morgan fingerprint density at radius 1 is 1.27 bits per heavy atom. The number of aliphatic hydroxyl groups excluding tert-OH is 2. The van der Waals surface area contributed by atoms with Gasteiger partial charge in [-0.1, -0.05) is 12.8 Å². The summed E-state index contributed by atoms with van der Waals surface area (Å²) in [5, 5.41) is 17.9. The largest absolute Gasteiger partial charge is 0.396 e. The molecule has 1 amide bonds. The molecule has 0 spiro atoms. The lowest BCUT2D eigenvalue weighted by Gasteiger charge is -2.28. The van der Waals surface area contributed by atoms with Gasteiger partial charge in [0, 0.05) is 19.6 Å². The summed E-state index contributed by atoms with van der Waals surface area (Å²) < 4.78 is 0. The summed E-state index contributed by atoms with van der Waals surface area (Å²) in [5.74, 6) is 0.0741.